The second-order valence-corrected chi connectivity index (χ2v) is 6.77. The van der Waals surface area contributed by atoms with Gasteiger partial charge in [0.25, 0.3) is 5.91 Å². The summed E-state index contributed by atoms with van der Waals surface area (Å²) >= 11 is 0. The monoisotopic (exact) mass is 351 g/mol. The van der Waals surface area contributed by atoms with Crippen LogP contribution in [-0.2, 0) is 11.2 Å². The number of hydrogen-bond donors (Lipinski definition) is 0. The number of esters is 1. The lowest BCUT2D eigenvalue weighted by Crippen LogP contribution is -2.28. The van der Waals surface area contributed by atoms with Gasteiger partial charge in [0.2, 0.25) is 0 Å². The number of rotatable bonds is 3. The van der Waals surface area contributed by atoms with Gasteiger partial charge in [-0.25, -0.2) is 4.79 Å². The van der Waals surface area contributed by atoms with Crippen LogP contribution in [0.1, 0.15) is 44.2 Å². The number of likely N-dealkylation sites (tertiary alicyclic amines) is 1. The Morgan fingerprint density at radius 1 is 1.12 bits per heavy atom. The molecule has 2 aromatic rings. The van der Waals surface area contributed by atoms with E-state index in [4.69, 9.17) is 4.74 Å². The van der Waals surface area contributed by atoms with Crippen LogP contribution in [0.25, 0.3) is 0 Å². The molecule has 2 aromatic carbocycles. The molecule has 1 atom stereocenters. The first-order valence-electron chi connectivity index (χ1n) is 8.89. The van der Waals surface area contributed by atoms with Gasteiger partial charge in [0.05, 0.1) is 19.3 Å². The van der Waals surface area contributed by atoms with Gasteiger partial charge in [0.15, 0.2) is 0 Å². The van der Waals surface area contributed by atoms with Gasteiger partial charge in [-0.2, -0.15) is 0 Å². The summed E-state index contributed by atoms with van der Waals surface area (Å²) < 4.78 is 10.3. The average Bonchev–Trinajstić information content (AvgIpc) is 3.35. The summed E-state index contributed by atoms with van der Waals surface area (Å²) in [7, 11) is 1.34. The molecule has 5 heteroatoms. The van der Waals surface area contributed by atoms with Crippen LogP contribution < -0.4 is 4.74 Å². The van der Waals surface area contributed by atoms with Gasteiger partial charge in [-0.15, -0.1) is 0 Å². The van der Waals surface area contributed by atoms with E-state index in [0.29, 0.717) is 17.0 Å². The molecule has 0 aliphatic carbocycles. The van der Waals surface area contributed by atoms with Gasteiger partial charge in [0.1, 0.15) is 5.75 Å². The minimum Gasteiger partial charge on any atom is -0.493 e. The molecule has 0 N–H and O–H groups in total. The zero-order valence-corrected chi connectivity index (χ0v) is 14.7. The fraction of sp³-hybridized carbons (Fsp3) is 0.333. The highest BCUT2D eigenvalue weighted by Gasteiger charge is 2.29. The van der Waals surface area contributed by atoms with E-state index in [1.54, 1.807) is 24.3 Å². The maximum atomic E-state index is 12.8. The molecule has 1 fully saturated rings. The normalized spacial score (nSPS) is 18.3. The molecule has 26 heavy (non-hydrogen) atoms. The van der Waals surface area contributed by atoms with E-state index in [-0.39, 0.29) is 5.91 Å². The number of hydrogen-bond acceptors (Lipinski definition) is 4. The molecular weight excluding hydrogens is 330 g/mol. The van der Waals surface area contributed by atoms with Crippen molar-refractivity contribution in [2.75, 3.05) is 26.8 Å². The number of benzene rings is 2. The number of carbonyl (C=O) groups excluding carboxylic acids is 2. The van der Waals surface area contributed by atoms with Gasteiger partial charge < -0.3 is 14.4 Å². The third-order valence-electron chi connectivity index (χ3n) is 5.21. The Bertz CT molecular complexity index is 844. The number of amides is 1. The Kier molecular flexibility index (Phi) is 4.37. The molecule has 0 bridgehead atoms. The van der Waals surface area contributed by atoms with Crippen molar-refractivity contribution in [1.82, 2.24) is 4.90 Å². The van der Waals surface area contributed by atoms with Crippen LogP contribution in [0, 0.1) is 0 Å². The summed E-state index contributed by atoms with van der Waals surface area (Å²) in [5.41, 5.74) is 3.60. The first kappa shape index (κ1) is 16.6. The van der Waals surface area contributed by atoms with Crippen LogP contribution in [0.4, 0.5) is 0 Å². The molecule has 134 valence electrons. The lowest BCUT2D eigenvalue weighted by molar-refractivity contribution is 0.0600. The predicted molar refractivity (Wildman–Crippen MR) is 96.7 cm³/mol. The van der Waals surface area contributed by atoms with Gasteiger partial charge in [-0.1, -0.05) is 12.1 Å². The zero-order valence-electron chi connectivity index (χ0n) is 14.7. The van der Waals surface area contributed by atoms with Crippen molar-refractivity contribution >= 4 is 11.9 Å². The molecule has 2 aliphatic heterocycles. The first-order chi connectivity index (χ1) is 12.7. The fourth-order valence-corrected chi connectivity index (χ4v) is 3.73. The van der Waals surface area contributed by atoms with Gasteiger partial charge >= 0.3 is 5.97 Å². The van der Waals surface area contributed by atoms with Crippen molar-refractivity contribution in [1.29, 1.82) is 0 Å². The Labute approximate surface area is 152 Å². The molecule has 0 unspecified atom stereocenters. The van der Waals surface area contributed by atoms with Crippen LogP contribution in [0.2, 0.25) is 0 Å². The predicted octanol–water partition coefficient (Wildman–Crippen LogP) is 3.04. The molecule has 0 radical (unpaired) electrons. The Hall–Kier alpha value is -2.82. The number of fused-ring (bicyclic) bond motifs is 1. The van der Waals surface area contributed by atoms with E-state index in [9.17, 15) is 9.59 Å². The second kappa shape index (κ2) is 6.83. The highest BCUT2D eigenvalue weighted by molar-refractivity contribution is 5.96. The highest BCUT2D eigenvalue weighted by Crippen LogP contribution is 2.33. The largest absolute Gasteiger partial charge is 0.493 e. The highest BCUT2D eigenvalue weighted by atomic mass is 16.5. The SMILES string of the molecule is COC(=O)c1ccc(C(=O)N2CC[C@@H](c3ccc4c(c3)CCO4)C2)cc1. The maximum Gasteiger partial charge on any atom is 0.337 e. The molecule has 0 saturated carbocycles. The van der Waals surface area contributed by atoms with E-state index >= 15 is 0 Å². The number of nitrogens with zero attached hydrogens (tertiary/aromatic N) is 1. The Morgan fingerprint density at radius 3 is 2.65 bits per heavy atom. The summed E-state index contributed by atoms with van der Waals surface area (Å²) in [6, 6.07) is 13.0. The Morgan fingerprint density at radius 2 is 1.88 bits per heavy atom. The first-order valence-corrected chi connectivity index (χ1v) is 8.89. The van der Waals surface area contributed by atoms with Crippen molar-refractivity contribution in [2.24, 2.45) is 0 Å². The maximum absolute atomic E-state index is 12.8. The second-order valence-electron chi connectivity index (χ2n) is 6.77. The summed E-state index contributed by atoms with van der Waals surface area (Å²) in [4.78, 5) is 26.1. The van der Waals surface area contributed by atoms with Crippen molar-refractivity contribution in [3.63, 3.8) is 0 Å². The molecule has 0 spiro atoms. The van der Waals surface area contributed by atoms with Gasteiger partial charge in [0, 0.05) is 31.0 Å². The summed E-state index contributed by atoms with van der Waals surface area (Å²) in [5.74, 6) is 0.962. The van der Waals surface area contributed by atoms with Crippen LogP contribution in [0.5, 0.6) is 5.75 Å². The molecule has 1 saturated heterocycles. The number of ether oxygens (including phenoxy) is 2. The van der Waals surface area contributed by atoms with Crippen molar-refractivity contribution in [3.05, 3.63) is 64.7 Å². The van der Waals surface area contributed by atoms with Crippen LogP contribution >= 0.6 is 0 Å². The van der Waals surface area contributed by atoms with Crippen LogP contribution in [-0.4, -0.2) is 43.6 Å². The minimum absolute atomic E-state index is 0.00779. The van der Waals surface area contributed by atoms with E-state index in [1.165, 1.54) is 18.2 Å². The fourth-order valence-electron chi connectivity index (χ4n) is 3.73. The molecule has 1 amide bonds. The number of carbonyl (C=O) groups is 2. The summed E-state index contributed by atoms with van der Waals surface area (Å²) in [6.07, 6.45) is 1.93. The van der Waals surface area contributed by atoms with Crippen LogP contribution in [0.15, 0.2) is 42.5 Å². The minimum atomic E-state index is -0.397. The van der Waals surface area contributed by atoms with E-state index in [0.717, 1.165) is 38.3 Å². The summed E-state index contributed by atoms with van der Waals surface area (Å²) in [5, 5.41) is 0. The zero-order chi connectivity index (χ0) is 18.1. The standard InChI is InChI=1S/C21H21NO4/c1-25-21(24)15-4-2-14(3-5-15)20(23)22-10-8-18(13-22)16-6-7-19-17(12-16)9-11-26-19/h2-7,12,18H,8-11,13H2,1H3/t18-/m1/s1. The molecule has 2 aliphatic rings. The molecule has 2 heterocycles. The van der Waals surface area contributed by atoms with Crippen LogP contribution in [0.3, 0.4) is 0 Å². The van der Waals surface area contributed by atoms with E-state index in [2.05, 4.69) is 16.9 Å². The topological polar surface area (TPSA) is 55.8 Å². The van der Waals surface area contributed by atoms with Crippen molar-refractivity contribution < 1.29 is 19.1 Å². The van der Waals surface area contributed by atoms with Gasteiger partial charge in [-0.05, 0) is 47.9 Å². The molecule has 5 nitrogen and oxygen atoms in total. The van der Waals surface area contributed by atoms with E-state index < -0.39 is 5.97 Å². The van der Waals surface area contributed by atoms with E-state index in [1.807, 2.05) is 11.0 Å². The quantitative estimate of drug-likeness (QED) is 0.798. The van der Waals surface area contributed by atoms with Crippen molar-refractivity contribution in [2.45, 2.75) is 18.8 Å². The lowest BCUT2D eigenvalue weighted by atomic mass is 9.96. The Balaban J connectivity index is 1.45. The molecular formula is C21H21NO4. The summed E-state index contributed by atoms with van der Waals surface area (Å²) in [6.45, 7) is 2.22. The molecule has 0 aromatic heterocycles. The lowest BCUT2D eigenvalue weighted by Gasteiger charge is -2.17. The average molecular weight is 351 g/mol. The van der Waals surface area contributed by atoms with Crippen molar-refractivity contribution in [3.8, 4) is 5.75 Å². The van der Waals surface area contributed by atoms with Gasteiger partial charge in [-0.3, -0.25) is 4.79 Å². The molecule has 4 rings (SSSR count). The number of methoxy groups -OCH3 is 1. The smallest absolute Gasteiger partial charge is 0.337 e. The third-order valence-corrected chi connectivity index (χ3v) is 5.21. The third kappa shape index (κ3) is 3.05.